The van der Waals surface area contributed by atoms with Crippen LogP contribution in [0.2, 0.25) is 0 Å². The van der Waals surface area contributed by atoms with E-state index in [0.29, 0.717) is 25.4 Å². The number of aromatic nitrogens is 2. The van der Waals surface area contributed by atoms with Crippen molar-refractivity contribution in [1.82, 2.24) is 14.7 Å². The molecule has 1 unspecified atom stereocenters. The van der Waals surface area contributed by atoms with Crippen LogP contribution in [0.3, 0.4) is 0 Å². The second-order valence-corrected chi connectivity index (χ2v) is 4.66. The van der Waals surface area contributed by atoms with E-state index >= 15 is 0 Å². The van der Waals surface area contributed by atoms with Crippen LogP contribution in [0.1, 0.15) is 19.3 Å². The summed E-state index contributed by atoms with van der Waals surface area (Å²) in [7, 11) is 1.86. The second-order valence-electron chi connectivity index (χ2n) is 4.66. The zero-order valence-electron chi connectivity index (χ0n) is 10.2. The summed E-state index contributed by atoms with van der Waals surface area (Å²) < 4.78 is 1.78. The number of nitrogens with zero attached hydrogens (tertiary/aromatic N) is 3. The first-order chi connectivity index (χ1) is 8.22. The zero-order valence-corrected chi connectivity index (χ0v) is 10.2. The van der Waals surface area contributed by atoms with Gasteiger partial charge in [0.25, 0.3) is 0 Å². The van der Waals surface area contributed by atoms with Crippen molar-refractivity contribution in [3.8, 4) is 0 Å². The summed E-state index contributed by atoms with van der Waals surface area (Å²) in [6.07, 6.45) is 6.49. The Kier molecular flexibility index (Phi) is 3.78. The van der Waals surface area contributed by atoms with E-state index in [9.17, 15) is 4.79 Å². The number of aryl methyl sites for hydroxylation is 1. The van der Waals surface area contributed by atoms with Crippen molar-refractivity contribution in [2.45, 2.75) is 31.8 Å². The molecular weight excluding hydrogens is 216 g/mol. The average molecular weight is 236 g/mol. The average Bonchev–Trinajstić information content (AvgIpc) is 3.03. The predicted octanol–water partition coefficient (Wildman–Crippen LogP) is 0.469. The fourth-order valence-corrected chi connectivity index (χ4v) is 2.15. The Bertz CT molecular complexity index is 359. The number of hydrogen-bond acceptors (Lipinski definition) is 3. The smallest absolute Gasteiger partial charge is 0.224 e. The van der Waals surface area contributed by atoms with Gasteiger partial charge in [-0.15, -0.1) is 0 Å². The van der Waals surface area contributed by atoms with Gasteiger partial charge in [0, 0.05) is 45.0 Å². The molecule has 0 saturated heterocycles. The minimum Gasteiger partial charge on any atom is -0.341 e. The maximum atomic E-state index is 12.0. The standard InChI is InChI=1S/C12H20N4O/c1-15(11(9-13)10-3-4-10)12(17)5-8-16-7-2-6-14-16/h2,6-7,10-11H,3-5,8-9,13H2,1H3. The van der Waals surface area contributed by atoms with Gasteiger partial charge in [0.15, 0.2) is 0 Å². The molecule has 1 heterocycles. The Hall–Kier alpha value is -1.36. The Balaban J connectivity index is 1.81. The van der Waals surface area contributed by atoms with Gasteiger partial charge in [-0.05, 0) is 24.8 Å². The Labute approximate surface area is 102 Å². The lowest BCUT2D eigenvalue weighted by Gasteiger charge is -2.27. The SMILES string of the molecule is CN(C(=O)CCn1cccn1)C(CN)C1CC1. The van der Waals surface area contributed by atoms with Gasteiger partial charge in [-0.3, -0.25) is 9.48 Å². The third-order valence-corrected chi connectivity index (χ3v) is 3.41. The summed E-state index contributed by atoms with van der Waals surface area (Å²) >= 11 is 0. The normalized spacial score (nSPS) is 16.8. The van der Waals surface area contributed by atoms with E-state index in [1.165, 1.54) is 12.8 Å². The zero-order chi connectivity index (χ0) is 12.3. The highest BCUT2D eigenvalue weighted by Gasteiger charge is 2.34. The number of amides is 1. The third-order valence-electron chi connectivity index (χ3n) is 3.41. The molecule has 1 aromatic rings. The van der Waals surface area contributed by atoms with Crippen molar-refractivity contribution in [1.29, 1.82) is 0 Å². The minimum atomic E-state index is 0.155. The number of nitrogens with two attached hydrogens (primary N) is 1. The third kappa shape index (κ3) is 3.06. The Morgan fingerprint density at radius 3 is 2.94 bits per heavy atom. The van der Waals surface area contributed by atoms with Crippen LogP contribution in [-0.2, 0) is 11.3 Å². The molecule has 0 spiro atoms. The molecule has 2 N–H and O–H groups in total. The molecule has 17 heavy (non-hydrogen) atoms. The lowest BCUT2D eigenvalue weighted by molar-refractivity contribution is -0.132. The first-order valence-electron chi connectivity index (χ1n) is 6.15. The van der Waals surface area contributed by atoms with E-state index in [4.69, 9.17) is 5.73 Å². The summed E-state index contributed by atoms with van der Waals surface area (Å²) in [5.74, 6) is 0.779. The van der Waals surface area contributed by atoms with Crippen molar-refractivity contribution < 1.29 is 4.79 Å². The molecule has 0 aromatic carbocycles. The van der Waals surface area contributed by atoms with Crippen LogP contribution in [-0.4, -0.2) is 40.2 Å². The number of carbonyl (C=O) groups excluding carboxylic acids is 1. The minimum absolute atomic E-state index is 0.155. The molecule has 1 aromatic heterocycles. The number of likely N-dealkylation sites (N-methyl/N-ethyl adjacent to an activating group) is 1. The van der Waals surface area contributed by atoms with Crippen molar-refractivity contribution in [2.24, 2.45) is 11.7 Å². The molecule has 0 radical (unpaired) electrons. The quantitative estimate of drug-likeness (QED) is 0.781. The molecule has 1 aliphatic carbocycles. The number of carbonyl (C=O) groups is 1. The maximum absolute atomic E-state index is 12.0. The number of rotatable bonds is 6. The fraction of sp³-hybridized carbons (Fsp3) is 0.667. The van der Waals surface area contributed by atoms with Crippen LogP contribution in [0.4, 0.5) is 0 Å². The van der Waals surface area contributed by atoms with Crippen LogP contribution >= 0.6 is 0 Å². The predicted molar refractivity (Wildman–Crippen MR) is 65.2 cm³/mol. The van der Waals surface area contributed by atoms with E-state index in [2.05, 4.69) is 5.10 Å². The van der Waals surface area contributed by atoms with Crippen molar-refractivity contribution in [2.75, 3.05) is 13.6 Å². The van der Waals surface area contributed by atoms with E-state index in [0.717, 1.165) is 0 Å². The Morgan fingerprint density at radius 1 is 1.65 bits per heavy atom. The summed E-state index contributed by atoms with van der Waals surface area (Å²) in [6, 6.07) is 2.08. The number of hydrogen-bond donors (Lipinski definition) is 1. The monoisotopic (exact) mass is 236 g/mol. The van der Waals surface area contributed by atoms with Crippen molar-refractivity contribution in [3.63, 3.8) is 0 Å². The molecule has 2 rings (SSSR count). The van der Waals surface area contributed by atoms with E-state index in [-0.39, 0.29) is 11.9 Å². The van der Waals surface area contributed by atoms with Gasteiger partial charge in [-0.25, -0.2) is 0 Å². The van der Waals surface area contributed by atoms with Crippen molar-refractivity contribution in [3.05, 3.63) is 18.5 Å². The molecule has 1 fully saturated rings. The van der Waals surface area contributed by atoms with Gasteiger partial charge in [0.05, 0.1) is 0 Å². The highest BCUT2D eigenvalue weighted by atomic mass is 16.2. The maximum Gasteiger partial charge on any atom is 0.224 e. The summed E-state index contributed by atoms with van der Waals surface area (Å²) in [5.41, 5.74) is 5.73. The lowest BCUT2D eigenvalue weighted by atomic mass is 10.1. The van der Waals surface area contributed by atoms with E-state index < -0.39 is 0 Å². The molecular formula is C12H20N4O. The molecule has 1 atom stereocenters. The van der Waals surface area contributed by atoms with Crippen LogP contribution < -0.4 is 5.73 Å². The van der Waals surface area contributed by atoms with Gasteiger partial charge in [0.1, 0.15) is 0 Å². The highest BCUT2D eigenvalue weighted by molar-refractivity contribution is 5.76. The topological polar surface area (TPSA) is 64.2 Å². The molecule has 5 nitrogen and oxygen atoms in total. The van der Waals surface area contributed by atoms with Crippen LogP contribution in [0.25, 0.3) is 0 Å². The van der Waals surface area contributed by atoms with Crippen LogP contribution in [0.5, 0.6) is 0 Å². The van der Waals surface area contributed by atoms with Crippen LogP contribution in [0.15, 0.2) is 18.5 Å². The fourth-order valence-electron chi connectivity index (χ4n) is 2.15. The molecule has 1 aliphatic rings. The second kappa shape index (κ2) is 5.31. The first-order valence-corrected chi connectivity index (χ1v) is 6.15. The van der Waals surface area contributed by atoms with E-state index in [1.54, 1.807) is 10.9 Å². The largest absolute Gasteiger partial charge is 0.341 e. The first kappa shape index (κ1) is 12.1. The van der Waals surface area contributed by atoms with Gasteiger partial charge >= 0.3 is 0 Å². The molecule has 1 amide bonds. The van der Waals surface area contributed by atoms with E-state index in [1.807, 2.05) is 24.2 Å². The van der Waals surface area contributed by atoms with Crippen LogP contribution in [0, 0.1) is 5.92 Å². The summed E-state index contributed by atoms with van der Waals surface area (Å²) in [5, 5.41) is 4.08. The van der Waals surface area contributed by atoms with Crippen molar-refractivity contribution >= 4 is 5.91 Å². The Morgan fingerprint density at radius 2 is 2.41 bits per heavy atom. The van der Waals surface area contributed by atoms with Gasteiger partial charge < -0.3 is 10.6 Å². The van der Waals surface area contributed by atoms with Gasteiger partial charge in [0.2, 0.25) is 5.91 Å². The molecule has 94 valence electrons. The highest BCUT2D eigenvalue weighted by Crippen LogP contribution is 2.34. The molecule has 5 heteroatoms. The molecule has 0 bridgehead atoms. The molecule has 1 saturated carbocycles. The van der Waals surface area contributed by atoms with Gasteiger partial charge in [-0.1, -0.05) is 0 Å². The summed E-state index contributed by atoms with van der Waals surface area (Å²) in [6.45, 7) is 1.20. The van der Waals surface area contributed by atoms with Gasteiger partial charge in [-0.2, -0.15) is 5.10 Å². The lowest BCUT2D eigenvalue weighted by Crippen LogP contribution is -2.43. The summed E-state index contributed by atoms with van der Waals surface area (Å²) in [4.78, 5) is 13.8. The molecule has 0 aliphatic heterocycles.